The molecular formula is C14H22. The smallest absolute Gasteiger partial charge is 0.00232 e. The van der Waals surface area contributed by atoms with Gasteiger partial charge < -0.3 is 0 Å². The average Bonchev–Trinajstić information content (AvgIpc) is 2.25. The van der Waals surface area contributed by atoms with Gasteiger partial charge in [0.2, 0.25) is 0 Å². The third-order valence-electron chi connectivity index (χ3n) is 3.57. The fourth-order valence-corrected chi connectivity index (χ4v) is 2.68. The van der Waals surface area contributed by atoms with Crippen LogP contribution in [0.5, 0.6) is 0 Å². The van der Waals surface area contributed by atoms with Crippen LogP contribution in [0.4, 0.5) is 0 Å². The van der Waals surface area contributed by atoms with Crippen molar-refractivity contribution in [2.75, 3.05) is 0 Å². The van der Waals surface area contributed by atoms with Crippen molar-refractivity contribution in [2.24, 2.45) is 5.92 Å². The summed E-state index contributed by atoms with van der Waals surface area (Å²) in [4.78, 5) is 0. The van der Waals surface area contributed by atoms with Gasteiger partial charge in [-0.15, -0.1) is 0 Å². The van der Waals surface area contributed by atoms with Gasteiger partial charge in [-0.25, -0.2) is 0 Å². The van der Waals surface area contributed by atoms with Crippen molar-refractivity contribution >= 4 is 0 Å². The second-order valence-corrected chi connectivity index (χ2v) is 4.70. The van der Waals surface area contributed by atoms with Gasteiger partial charge in [-0.05, 0) is 38.0 Å². The molecule has 0 heterocycles. The van der Waals surface area contributed by atoms with Crippen LogP contribution in [0.3, 0.4) is 0 Å². The molecule has 1 atom stereocenters. The van der Waals surface area contributed by atoms with Crippen LogP contribution in [0.25, 0.3) is 0 Å². The van der Waals surface area contributed by atoms with Crippen molar-refractivity contribution in [2.45, 2.75) is 57.8 Å². The molecule has 0 aliphatic heterocycles. The van der Waals surface area contributed by atoms with Crippen molar-refractivity contribution in [3.8, 4) is 0 Å². The third kappa shape index (κ3) is 2.73. The molecule has 1 unspecified atom stereocenters. The summed E-state index contributed by atoms with van der Waals surface area (Å²) in [6.45, 7) is 0. The van der Waals surface area contributed by atoms with E-state index in [2.05, 4.69) is 18.2 Å². The molecule has 0 fully saturated rings. The van der Waals surface area contributed by atoms with Crippen LogP contribution in [0.15, 0.2) is 23.8 Å². The minimum absolute atomic E-state index is 0.807. The molecule has 14 heavy (non-hydrogen) atoms. The van der Waals surface area contributed by atoms with Crippen molar-refractivity contribution in [3.63, 3.8) is 0 Å². The molecule has 0 nitrogen and oxygen atoms in total. The molecule has 0 amide bonds. The topological polar surface area (TPSA) is 0 Å². The molecule has 0 heteroatoms. The predicted octanol–water partition coefficient (Wildman–Crippen LogP) is 4.62. The molecule has 2 rings (SSSR count). The molecule has 2 aliphatic carbocycles. The summed E-state index contributed by atoms with van der Waals surface area (Å²) in [5.41, 5.74) is 1.74. The molecule has 0 spiro atoms. The number of allylic oxidation sites excluding steroid dienone is 4. The molecule has 2 aliphatic rings. The highest BCUT2D eigenvalue weighted by Crippen LogP contribution is 2.30. The highest BCUT2D eigenvalue weighted by atomic mass is 14.2. The normalized spacial score (nSPS) is 32.9. The van der Waals surface area contributed by atoms with Crippen molar-refractivity contribution in [3.05, 3.63) is 23.8 Å². The molecule has 0 bridgehead atoms. The maximum absolute atomic E-state index is 2.54. The lowest BCUT2D eigenvalue weighted by Crippen LogP contribution is -2.06. The fraction of sp³-hybridized carbons (Fsp3) is 0.714. The quantitative estimate of drug-likeness (QED) is 0.489. The van der Waals surface area contributed by atoms with E-state index in [1.54, 1.807) is 5.57 Å². The van der Waals surface area contributed by atoms with Gasteiger partial charge in [-0.1, -0.05) is 49.5 Å². The van der Waals surface area contributed by atoms with E-state index in [-0.39, 0.29) is 0 Å². The molecule has 0 saturated carbocycles. The summed E-state index contributed by atoms with van der Waals surface area (Å²) in [5.74, 6) is 0.807. The van der Waals surface area contributed by atoms with Crippen molar-refractivity contribution in [1.82, 2.24) is 0 Å². The van der Waals surface area contributed by atoms with Crippen LogP contribution in [-0.4, -0.2) is 0 Å². The third-order valence-corrected chi connectivity index (χ3v) is 3.57. The maximum Gasteiger partial charge on any atom is -0.00232 e. The minimum Gasteiger partial charge on any atom is -0.0876 e. The SMILES string of the molecule is C1=CC2CCCCCCC/C=C\2CC1. The lowest BCUT2D eigenvalue weighted by molar-refractivity contribution is 0.528. The Morgan fingerprint density at radius 1 is 0.929 bits per heavy atom. The van der Waals surface area contributed by atoms with E-state index in [0.717, 1.165) is 5.92 Å². The zero-order valence-electron chi connectivity index (χ0n) is 9.17. The Morgan fingerprint density at radius 2 is 1.79 bits per heavy atom. The Hall–Kier alpha value is -0.520. The predicted molar refractivity (Wildman–Crippen MR) is 62.3 cm³/mol. The van der Waals surface area contributed by atoms with Gasteiger partial charge in [-0.2, -0.15) is 0 Å². The first-order chi connectivity index (χ1) is 6.97. The Balaban J connectivity index is 2.01. The highest BCUT2D eigenvalue weighted by molar-refractivity contribution is 5.18. The first-order valence-electron chi connectivity index (χ1n) is 6.32. The summed E-state index contributed by atoms with van der Waals surface area (Å²) in [6, 6.07) is 0. The Bertz CT molecular complexity index is 222. The molecule has 0 N–H and O–H groups in total. The standard InChI is InChI=1S/C14H22/c1-2-4-6-10-14-12-8-7-11-13(14)9-5-3-1/h7,10-11,13H,1-6,8-9,12H2/b14-10-. The van der Waals surface area contributed by atoms with Crippen molar-refractivity contribution in [1.29, 1.82) is 0 Å². The number of hydrogen-bond acceptors (Lipinski definition) is 0. The molecular weight excluding hydrogens is 168 g/mol. The largest absolute Gasteiger partial charge is 0.0876 e. The van der Waals surface area contributed by atoms with Gasteiger partial charge in [0.05, 0.1) is 0 Å². The van der Waals surface area contributed by atoms with Gasteiger partial charge in [0.15, 0.2) is 0 Å². The second-order valence-electron chi connectivity index (χ2n) is 4.70. The van der Waals surface area contributed by atoms with Gasteiger partial charge >= 0.3 is 0 Å². The van der Waals surface area contributed by atoms with E-state index in [0.29, 0.717) is 0 Å². The van der Waals surface area contributed by atoms with Crippen LogP contribution in [0.1, 0.15) is 57.8 Å². The van der Waals surface area contributed by atoms with E-state index < -0.39 is 0 Å². The fourth-order valence-electron chi connectivity index (χ4n) is 2.68. The van der Waals surface area contributed by atoms with Crippen LogP contribution in [-0.2, 0) is 0 Å². The maximum atomic E-state index is 2.54. The van der Waals surface area contributed by atoms with Crippen LogP contribution < -0.4 is 0 Å². The number of rotatable bonds is 0. The molecule has 78 valence electrons. The zero-order valence-corrected chi connectivity index (χ0v) is 9.17. The van der Waals surface area contributed by atoms with Crippen LogP contribution >= 0.6 is 0 Å². The van der Waals surface area contributed by atoms with Gasteiger partial charge in [0.1, 0.15) is 0 Å². The number of hydrogen-bond donors (Lipinski definition) is 0. The van der Waals surface area contributed by atoms with E-state index in [4.69, 9.17) is 0 Å². The van der Waals surface area contributed by atoms with E-state index in [1.165, 1.54) is 57.8 Å². The first-order valence-corrected chi connectivity index (χ1v) is 6.32. The van der Waals surface area contributed by atoms with Gasteiger partial charge in [-0.3, -0.25) is 0 Å². The van der Waals surface area contributed by atoms with Gasteiger partial charge in [0.25, 0.3) is 0 Å². The average molecular weight is 190 g/mol. The first kappa shape index (κ1) is 10.0. The molecule has 0 aromatic rings. The highest BCUT2D eigenvalue weighted by Gasteiger charge is 2.14. The zero-order chi connectivity index (χ0) is 9.64. The minimum atomic E-state index is 0.807. The monoisotopic (exact) mass is 190 g/mol. The van der Waals surface area contributed by atoms with Crippen LogP contribution in [0.2, 0.25) is 0 Å². The van der Waals surface area contributed by atoms with Crippen molar-refractivity contribution < 1.29 is 0 Å². The molecule has 0 radical (unpaired) electrons. The van der Waals surface area contributed by atoms with Gasteiger partial charge in [0, 0.05) is 0 Å². The summed E-state index contributed by atoms with van der Waals surface area (Å²) >= 11 is 0. The molecule has 0 saturated heterocycles. The molecule has 0 aromatic heterocycles. The van der Waals surface area contributed by atoms with Crippen LogP contribution in [0, 0.1) is 5.92 Å². The summed E-state index contributed by atoms with van der Waals surface area (Å²) < 4.78 is 0. The Kier molecular flexibility index (Phi) is 3.85. The Morgan fingerprint density at radius 3 is 2.79 bits per heavy atom. The summed E-state index contributed by atoms with van der Waals surface area (Å²) in [5, 5.41) is 0. The molecule has 0 aromatic carbocycles. The summed E-state index contributed by atoms with van der Waals surface area (Å²) in [7, 11) is 0. The second kappa shape index (κ2) is 5.38. The summed E-state index contributed by atoms with van der Waals surface area (Å²) in [6.07, 6.45) is 19.9. The van der Waals surface area contributed by atoms with E-state index in [9.17, 15) is 0 Å². The van der Waals surface area contributed by atoms with E-state index >= 15 is 0 Å². The lowest BCUT2D eigenvalue weighted by atomic mass is 9.84. The van der Waals surface area contributed by atoms with E-state index in [1.807, 2.05) is 0 Å². The number of fused-ring (bicyclic) bond motifs is 1. The Labute approximate surface area is 88.1 Å². The lowest BCUT2D eigenvalue weighted by Gasteiger charge is -2.21.